The second kappa shape index (κ2) is 12.9. The van der Waals surface area contributed by atoms with Gasteiger partial charge in [-0.25, -0.2) is 9.97 Å². The minimum Gasteiger partial charge on any atom is -0.456 e. The molecule has 2 aromatic heterocycles. The van der Waals surface area contributed by atoms with Crippen LogP contribution in [0.2, 0.25) is 0 Å². The Kier molecular flexibility index (Phi) is 7.47. The smallest absolute Gasteiger partial charge is 0.161 e. The van der Waals surface area contributed by atoms with Crippen LogP contribution in [0.25, 0.3) is 100.0 Å². The minimum atomic E-state index is 0.695. The molecule has 0 unspecified atom stereocenters. The largest absolute Gasteiger partial charge is 0.456 e. The standard InChI is InChI=1S/C50H32N2O/c1-3-12-33(13-4-1)34-22-24-35(25-23-34)39-28-40(38-26-27-44-43-19-9-10-21-48(43)53-49(44)31-38)30-41(29-39)47-32-46(37-15-5-2-6-16-37)51-50(52-47)45-20-11-17-36-14-7-8-18-42(36)45/h1-32H. The highest BCUT2D eigenvalue weighted by atomic mass is 16.3. The van der Waals surface area contributed by atoms with E-state index in [1.54, 1.807) is 0 Å². The summed E-state index contributed by atoms with van der Waals surface area (Å²) in [6, 6.07) is 68.1. The molecule has 2 heterocycles. The predicted molar refractivity (Wildman–Crippen MR) is 219 cm³/mol. The van der Waals surface area contributed by atoms with Crippen molar-refractivity contribution >= 4 is 32.7 Å². The molecule has 0 radical (unpaired) electrons. The molecule has 0 aliphatic heterocycles. The van der Waals surface area contributed by atoms with Gasteiger partial charge in [-0.15, -0.1) is 0 Å². The lowest BCUT2D eigenvalue weighted by molar-refractivity contribution is 0.669. The number of nitrogens with zero attached hydrogens (tertiary/aromatic N) is 2. The van der Waals surface area contributed by atoms with Crippen molar-refractivity contribution in [2.45, 2.75) is 0 Å². The molecule has 0 atom stereocenters. The van der Waals surface area contributed by atoms with E-state index < -0.39 is 0 Å². The van der Waals surface area contributed by atoms with Gasteiger partial charge in [-0.05, 0) is 86.6 Å². The van der Waals surface area contributed by atoms with E-state index in [9.17, 15) is 0 Å². The van der Waals surface area contributed by atoms with Gasteiger partial charge in [-0.1, -0.05) is 152 Å². The van der Waals surface area contributed by atoms with Crippen molar-refractivity contribution in [3.05, 3.63) is 194 Å². The third-order valence-electron chi connectivity index (χ3n) is 10.1. The Bertz CT molecular complexity index is 2920. The van der Waals surface area contributed by atoms with E-state index in [0.717, 1.165) is 83.0 Å². The fraction of sp³-hybridized carbons (Fsp3) is 0. The quantitative estimate of drug-likeness (QED) is 0.176. The summed E-state index contributed by atoms with van der Waals surface area (Å²) in [7, 11) is 0. The third-order valence-corrected chi connectivity index (χ3v) is 10.1. The third kappa shape index (κ3) is 5.75. The monoisotopic (exact) mass is 676 g/mol. The number of hydrogen-bond donors (Lipinski definition) is 0. The van der Waals surface area contributed by atoms with Crippen LogP contribution in [-0.2, 0) is 0 Å². The molecule has 10 rings (SSSR count). The predicted octanol–water partition coefficient (Wildman–Crippen LogP) is 13.5. The Labute approximate surface area is 307 Å². The maximum Gasteiger partial charge on any atom is 0.161 e. The fourth-order valence-electron chi connectivity index (χ4n) is 7.39. The van der Waals surface area contributed by atoms with Crippen molar-refractivity contribution in [2.75, 3.05) is 0 Å². The molecule has 0 saturated heterocycles. The molecule has 0 amide bonds. The van der Waals surface area contributed by atoms with Gasteiger partial charge in [-0.2, -0.15) is 0 Å². The van der Waals surface area contributed by atoms with Gasteiger partial charge >= 0.3 is 0 Å². The highest BCUT2D eigenvalue weighted by Crippen LogP contribution is 2.38. The topological polar surface area (TPSA) is 38.9 Å². The van der Waals surface area contributed by atoms with Crippen LogP contribution in [0.5, 0.6) is 0 Å². The van der Waals surface area contributed by atoms with Gasteiger partial charge in [0.05, 0.1) is 11.4 Å². The number of hydrogen-bond acceptors (Lipinski definition) is 3. The van der Waals surface area contributed by atoms with Gasteiger partial charge in [0.15, 0.2) is 5.82 Å². The van der Waals surface area contributed by atoms with E-state index in [4.69, 9.17) is 14.4 Å². The van der Waals surface area contributed by atoms with Crippen LogP contribution in [0.4, 0.5) is 0 Å². The lowest BCUT2D eigenvalue weighted by Gasteiger charge is -2.14. The second-order valence-corrected chi connectivity index (χ2v) is 13.4. The van der Waals surface area contributed by atoms with E-state index in [1.165, 1.54) is 11.1 Å². The lowest BCUT2D eigenvalue weighted by Crippen LogP contribution is -1.97. The summed E-state index contributed by atoms with van der Waals surface area (Å²) >= 11 is 0. The first-order valence-electron chi connectivity index (χ1n) is 17.9. The van der Waals surface area contributed by atoms with Crippen LogP contribution in [0, 0.1) is 0 Å². The molecule has 8 aromatic carbocycles. The summed E-state index contributed by atoms with van der Waals surface area (Å²) < 4.78 is 6.34. The van der Waals surface area contributed by atoms with E-state index in [-0.39, 0.29) is 0 Å². The highest BCUT2D eigenvalue weighted by Gasteiger charge is 2.16. The van der Waals surface area contributed by atoms with Crippen LogP contribution in [0.15, 0.2) is 199 Å². The molecule has 10 aromatic rings. The zero-order chi connectivity index (χ0) is 35.1. The Morgan fingerprint density at radius 2 is 0.830 bits per heavy atom. The Hall–Kier alpha value is -7.10. The number of rotatable bonds is 6. The minimum absolute atomic E-state index is 0.695. The van der Waals surface area contributed by atoms with Gasteiger partial charge in [0.2, 0.25) is 0 Å². The van der Waals surface area contributed by atoms with Crippen molar-refractivity contribution in [2.24, 2.45) is 0 Å². The summed E-state index contributed by atoms with van der Waals surface area (Å²) in [5, 5.41) is 4.51. The lowest BCUT2D eigenvalue weighted by atomic mass is 9.93. The Morgan fingerprint density at radius 1 is 0.302 bits per heavy atom. The van der Waals surface area contributed by atoms with Gasteiger partial charge in [0.1, 0.15) is 11.2 Å². The number of fused-ring (bicyclic) bond motifs is 4. The SMILES string of the molecule is c1ccc(-c2ccc(-c3cc(-c4ccc5c(c4)oc4ccccc45)cc(-c4cc(-c5ccccc5)nc(-c5cccc6ccccc56)n4)c3)cc2)cc1. The average molecular weight is 677 g/mol. The number of para-hydroxylation sites is 1. The van der Waals surface area contributed by atoms with Crippen molar-refractivity contribution in [1.82, 2.24) is 9.97 Å². The van der Waals surface area contributed by atoms with Gasteiger partial charge in [-0.3, -0.25) is 0 Å². The normalized spacial score (nSPS) is 11.4. The molecular formula is C50H32N2O. The first-order valence-corrected chi connectivity index (χ1v) is 17.9. The van der Waals surface area contributed by atoms with Crippen molar-refractivity contribution in [3.63, 3.8) is 0 Å². The Morgan fingerprint density at radius 3 is 1.60 bits per heavy atom. The Balaban J connectivity index is 1.18. The fourth-order valence-corrected chi connectivity index (χ4v) is 7.39. The van der Waals surface area contributed by atoms with Crippen molar-refractivity contribution < 1.29 is 4.42 Å². The molecule has 0 bridgehead atoms. The van der Waals surface area contributed by atoms with Crippen molar-refractivity contribution in [3.8, 4) is 67.3 Å². The molecule has 3 heteroatoms. The zero-order valence-electron chi connectivity index (χ0n) is 28.8. The van der Waals surface area contributed by atoms with E-state index in [0.29, 0.717) is 5.82 Å². The van der Waals surface area contributed by atoms with E-state index >= 15 is 0 Å². The molecule has 248 valence electrons. The van der Waals surface area contributed by atoms with Crippen LogP contribution < -0.4 is 0 Å². The molecule has 0 spiro atoms. The second-order valence-electron chi connectivity index (χ2n) is 13.4. The van der Waals surface area contributed by atoms with Gasteiger partial charge < -0.3 is 4.42 Å². The maximum absolute atomic E-state index is 6.34. The molecule has 53 heavy (non-hydrogen) atoms. The van der Waals surface area contributed by atoms with E-state index in [1.807, 2.05) is 18.2 Å². The average Bonchev–Trinajstić information content (AvgIpc) is 3.62. The molecular weight excluding hydrogens is 645 g/mol. The number of benzene rings is 8. The molecule has 0 N–H and O–H groups in total. The van der Waals surface area contributed by atoms with Crippen LogP contribution in [-0.4, -0.2) is 9.97 Å². The van der Waals surface area contributed by atoms with Crippen LogP contribution in [0.3, 0.4) is 0 Å². The van der Waals surface area contributed by atoms with Crippen molar-refractivity contribution in [1.29, 1.82) is 0 Å². The molecule has 3 nitrogen and oxygen atoms in total. The van der Waals surface area contributed by atoms with Crippen LogP contribution in [0.1, 0.15) is 0 Å². The van der Waals surface area contributed by atoms with Crippen LogP contribution >= 0.6 is 0 Å². The molecule has 0 fully saturated rings. The van der Waals surface area contributed by atoms with Gasteiger partial charge in [0, 0.05) is 27.5 Å². The highest BCUT2D eigenvalue weighted by molar-refractivity contribution is 6.06. The summed E-state index contributed by atoms with van der Waals surface area (Å²) in [6.07, 6.45) is 0. The molecule has 0 saturated carbocycles. The summed E-state index contributed by atoms with van der Waals surface area (Å²) in [6.45, 7) is 0. The van der Waals surface area contributed by atoms with E-state index in [2.05, 4.69) is 176 Å². The summed E-state index contributed by atoms with van der Waals surface area (Å²) in [4.78, 5) is 10.5. The molecule has 0 aliphatic rings. The number of aromatic nitrogens is 2. The summed E-state index contributed by atoms with van der Waals surface area (Å²) in [5.41, 5.74) is 13.3. The first kappa shape index (κ1) is 30.7. The molecule has 0 aliphatic carbocycles. The summed E-state index contributed by atoms with van der Waals surface area (Å²) in [5.74, 6) is 0.695. The number of furan rings is 1. The first-order chi connectivity index (χ1) is 26.2. The zero-order valence-corrected chi connectivity index (χ0v) is 28.8. The van der Waals surface area contributed by atoms with Gasteiger partial charge in [0.25, 0.3) is 0 Å². The maximum atomic E-state index is 6.34.